The minimum atomic E-state index is -0.230. The van der Waals surface area contributed by atoms with Gasteiger partial charge in [0.25, 0.3) is 0 Å². The number of nitrogens with one attached hydrogen (secondary N) is 1. The highest BCUT2D eigenvalue weighted by atomic mass is 35.5. The molecule has 0 bridgehead atoms. The van der Waals surface area contributed by atoms with E-state index >= 15 is 0 Å². The summed E-state index contributed by atoms with van der Waals surface area (Å²) < 4.78 is 13.0. The second kappa shape index (κ2) is 7.01. The molecule has 0 spiro atoms. The van der Waals surface area contributed by atoms with E-state index in [1.54, 1.807) is 12.1 Å². The van der Waals surface area contributed by atoms with Gasteiger partial charge in [0.2, 0.25) is 5.91 Å². The SMILES string of the molecule is Cl.Nc1ccc(CC(=O)NCC2(c3ccc(F)cc3)CC2)cc1. The molecule has 1 aliphatic rings. The molecule has 122 valence electrons. The Labute approximate surface area is 141 Å². The Balaban J connectivity index is 0.00000192. The number of anilines is 1. The standard InChI is InChI=1S/C18H19FN2O.ClH/c19-15-5-3-14(4-6-15)18(9-10-18)12-21-17(22)11-13-1-7-16(20)8-2-13;/h1-8H,9-12,20H2,(H,21,22);1H. The van der Waals surface area contributed by atoms with Gasteiger partial charge in [-0.25, -0.2) is 4.39 Å². The third-order valence-corrected chi connectivity index (χ3v) is 4.28. The fraction of sp³-hybridized carbons (Fsp3) is 0.278. The van der Waals surface area contributed by atoms with E-state index in [0.29, 0.717) is 18.7 Å². The summed E-state index contributed by atoms with van der Waals surface area (Å²) in [5.41, 5.74) is 8.35. The molecule has 2 aromatic carbocycles. The molecule has 1 saturated carbocycles. The highest BCUT2D eigenvalue weighted by molar-refractivity contribution is 5.85. The third kappa shape index (κ3) is 4.23. The average Bonchev–Trinajstić information content (AvgIpc) is 3.30. The Bertz CT molecular complexity index is 666. The van der Waals surface area contributed by atoms with Crippen molar-refractivity contribution in [3.8, 4) is 0 Å². The number of nitrogen functional groups attached to an aromatic ring is 1. The zero-order valence-corrected chi connectivity index (χ0v) is 13.5. The number of nitrogens with two attached hydrogens (primary N) is 1. The van der Waals surface area contributed by atoms with Crippen LogP contribution in [0, 0.1) is 5.82 Å². The molecule has 0 atom stereocenters. The van der Waals surface area contributed by atoms with Crippen molar-refractivity contribution in [3.05, 3.63) is 65.5 Å². The van der Waals surface area contributed by atoms with Gasteiger partial charge < -0.3 is 11.1 Å². The Morgan fingerprint density at radius 2 is 1.70 bits per heavy atom. The third-order valence-electron chi connectivity index (χ3n) is 4.28. The van der Waals surface area contributed by atoms with Crippen LogP contribution >= 0.6 is 12.4 Å². The van der Waals surface area contributed by atoms with Crippen molar-refractivity contribution in [2.45, 2.75) is 24.7 Å². The maximum absolute atomic E-state index is 13.0. The lowest BCUT2D eigenvalue weighted by molar-refractivity contribution is -0.120. The van der Waals surface area contributed by atoms with Crippen LogP contribution in [0.25, 0.3) is 0 Å². The molecule has 3 nitrogen and oxygen atoms in total. The Morgan fingerprint density at radius 1 is 1.09 bits per heavy atom. The van der Waals surface area contributed by atoms with Crippen LogP contribution in [-0.2, 0) is 16.6 Å². The largest absolute Gasteiger partial charge is 0.399 e. The van der Waals surface area contributed by atoms with E-state index in [-0.39, 0.29) is 29.5 Å². The van der Waals surface area contributed by atoms with Gasteiger partial charge >= 0.3 is 0 Å². The fourth-order valence-electron chi connectivity index (χ4n) is 2.67. The molecule has 2 aromatic rings. The van der Waals surface area contributed by atoms with Crippen LogP contribution < -0.4 is 11.1 Å². The monoisotopic (exact) mass is 334 g/mol. The molecular formula is C18H20ClFN2O. The first-order chi connectivity index (χ1) is 10.6. The maximum Gasteiger partial charge on any atom is 0.224 e. The molecule has 3 rings (SSSR count). The molecule has 0 radical (unpaired) electrons. The van der Waals surface area contributed by atoms with Gasteiger partial charge in [-0.1, -0.05) is 24.3 Å². The summed E-state index contributed by atoms with van der Waals surface area (Å²) in [7, 11) is 0. The number of hydrogen-bond donors (Lipinski definition) is 2. The summed E-state index contributed by atoms with van der Waals surface area (Å²) in [5.74, 6) is -0.231. The van der Waals surface area contributed by atoms with Crippen LogP contribution in [0.2, 0.25) is 0 Å². The highest BCUT2D eigenvalue weighted by Gasteiger charge is 2.44. The van der Waals surface area contributed by atoms with Gasteiger partial charge in [-0.2, -0.15) is 0 Å². The van der Waals surface area contributed by atoms with Gasteiger partial charge in [0.15, 0.2) is 0 Å². The highest BCUT2D eigenvalue weighted by Crippen LogP contribution is 2.47. The first kappa shape index (κ1) is 17.3. The molecular weight excluding hydrogens is 315 g/mol. The molecule has 3 N–H and O–H groups in total. The molecule has 0 aliphatic heterocycles. The second-order valence-corrected chi connectivity index (χ2v) is 5.98. The zero-order chi connectivity index (χ0) is 15.6. The minimum absolute atomic E-state index is 0. The number of amides is 1. The quantitative estimate of drug-likeness (QED) is 0.825. The first-order valence-electron chi connectivity index (χ1n) is 7.45. The number of carbonyl (C=O) groups is 1. The van der Waals surface area contributed by atoms with Crippen LogP contribution in [0.15, 0.2) is 48.5 Å². The number of benzene rings is 2. The van der Waals surface area contributed by atoms with Gasteiger partial charge in [0, 0.05) is 17.6 Å². The van der Waals surface area contributed by atoms with Crippen LogP contribution in [-0.4, -0.2) is 12.5 Å². The topological polar surface area (TPSA) is 55.1 Å². The van der Waals surface area contributed by atoms with E-state index in [9.17, 15) is 9.18 Å². The molecule has 0 unspecified atom stereocenters. The summed E-state index contributed by atoms with van der Waals surface area (Å²) >= 11 is 0. The summed E-state index contributed by atoms with van der Waals surface area (Å²) in [6.07, 6.45) is 2.40. The Hall–Kier alpha value is -2.07. The van der Waals surface area contributed by atoms with E-state index in [1.165, 1.54) is 12.1 Å². The summed E-state index contributed by atoms with van der Waals surface area (Å²) in [6, 6.07) is 13.9. The lowest BCUT2D eigenvalue weighted by Crippen LogP contribution is -2.33. The van der Waals surface area contributed by atoms with Crippen molar-refractivity contribution in [1.82, 2.24) is 5.32 Å². The van der Waals surface area contributed by atoms with E-state index < -0.39 is 0 Å². The van der Waals surface area contributed by atoms with Gasteiger partial charge in [-0.15, -0.1) is 12.4 Å². The smallest absolute Gasteiger partial charge is 0.224 e. The van der Waals surface area contributed by atoms with Crippen molar-refractivity contribution in [1.29, 1.82) is 0 Å². The molecule has 0 heterocycles. The summed E-state index contributed by atoms with van der Waals surface area (Å²) in [5, 5.41) is 3.00. The van der Waals surface area contributed by atoms with E-state index in [1.807, 2.05) is 24.3 Å². The predicted molar refractivity (Wildman–Crippen MR) is 92.1 cm³/mol. The molecule has 0 saturated heterocycles. The number of rotatable bonds is 5. The van der Waals surface area contributed by atoms with Crippen molar-refractivity contribution in [2.75, 3.05) is 12.3 Å². The van der Waals surface area contributed by atoms with Crippen molar-refractivity contribution in [3.63, 3.8) is 0 Å². The molecule has 23 heavy (non-hydrogen) atoms. The average molecular weight is 335 g/mol. The fourth-order valence-corrected chi connectivity index (χ4v) is 2.67. The van der Waals surface area contributed by atoms with Crippen LogP contribution in [0.3, 0.4) is 0 Å². The molecule has 1 aliphatic carbocycles. The zero-order valence-electron chi connectivity index (χ0n) is 12.7. The molecule has 1 fully saturated rings. The predicted octanol–water partition coefficient (Wildman–Crippen LogP) is 3.22. The summed E-state index contributed by atoms with van der Waals surface area (Å²) in [4.78, 5) is 12.1. The van der Waals surface area contributed by atoms with Crippen molar-refractivity contribution in [2.24, 2.45) is 0 Å². The number of halogens is 2. The van der Waals surface area contributed by atoms with Crippen molar-refractivity contribution >= 4 is 24.0 Å². The van der Waals surface area contributed by atoms with Crippen LogP contribution in [0.1, 0.15) is 24.0 Å². The first-order valence-corrected chi connectivity index (χ1v) is 7.45. The molecule has 0 aromatic heterocycles. The van der Waals surface area contributed by atoms with E-state index in [2.05, 4.69) is 5.32 Å². The van der Waals surface area contributed by atoms with E-state index in [0.717, 1.165) is 24.0 Å². The Kier molecular flexibility index (Phi) is 5.26. The maximum atomic E-state index is 13.0. The minimum Gasteiger partial charge on any atom is -0.399 e. The molecule has 1 amide bonds. The van der Waals surface area contributed by atoms with Gasteiger partial charge in [-0.3, -0.25) is 4.79 Å². The lowest BCUT2D eigenvalue weighted by Gasteiger charge is -2.16. The van der Waals surface area contributed by atoms with Gasteiger partial charge in [0.1, 0.15) is 5.82 Å². The van der Waals surface area contributed by atoms with Crippen LogP contribution in [0.4, 0.5) is 10.1 Å². The normalized spacial score (nSPS) is 14.7. The van der Waals surface area contributed by atoms with Gasteiger partial charge in [-0.05, 0) is 48.2 Å². The molecule has 5 heteroatoms. The number of carbonyl (C=O) groups excluding carboxylic acids is 1. The van der Waals surface area contributed by atoms with Crippen LogP contribution in [0.5, 0.6) is 0 Å². The van der Waals surface area contributed by atoms with E-state index in [4.69, 9.17) is 5.73 Å². The lowest BCUT2D eigenvalue weighted by atomic mass is 9.96. The second-order valence-electron chi connectivity index (χ2n) is 5.98. The van der Waals surface area contributed by atoms with Crippen molar-refractivity contribution < 1.29 is 9.18 Å². The number of hydrogen-bond acceptors (Lipinski definition) is 2. The van der Waals surface area contributed by atoms with Gasteiger partial charge in [0.05, 0.1) is 6.42 Å². The summed E-state index contributed by atoms with van der Waals surface area (Å²) in [6.45, 7) is 0.604. The Morgan fingerprint density at radius 3 is 2.26 bits per heavy atom.